The number of hydrogen-bond acceptors (Lipinski definition) is 3. The lowest BCUT2D eigenvalue weighted by Crippen LogP contribution is -2.38. The number of nitrogens with one attached hydrogen (secondary N) is 1. The molecule has 3 unspecified atom stereocenters. The summed E-state index contributed by atoms with van der Waals surface area (Å²) in [4.78, 5) is 2.57. The van der Waals surface area contributed by atoms with Gasteiger partial charge in [0, 0.05) is 24.2 Å². The highest BCUT2D eigenvalue weighted by Gasteiger charge is 2.33. The molecule has 21 heavy (non-hydrogen) atoms. The molecule has 3 heteroatoms. The summed E-state index contributed by atoms with van der Waals surface area (Å²) in [5, 5.41) is 14.0. The molecule has 1 aromatic rings. The van der Waals surface area contributed by atoms with Crippen LogP contribution in [-0.4, -0.2) is 35.7 Å². The Kier molecular flexibility index (Phi) is 4.23. The molecule has 3 rings (SSSR count). The lowest BCUT2D eigenvalue weighted by atomic mass is 9.97. The summed E-state index contributed by atoms with van der Waals surface area (Å²) < 4.78 is 0. The SMILES string of the molecule is CCN1CCCC1CNC1CC(C)c2c(C)ccc(O)c21. The van der Waals surface area contributed by atoms with Crippen molar-refractivity contribution >= 4 is 0 Å². The van der Waals surface area contributed by atoms with Crippen molar-refractivity contribution in [2.75, 3.05) is 19.6 Å². The third kappa shape index (κ3) is 2.69. The molecule has 2 N–H and O–H groups in total. The van der Waals surface area contributed by atoms with Crippen molar-refractivity contribution in [1.82, 2.24) is 10.2 Å². The summed E-state index contributed by atoms with van der Waals surface area (Å²) in [5.74, 6) is 1.01. The first-order valence-corrected chi connectivity index (χ1v) is 8.41. The molecule has 1 saturated heterocycles. The summed E-state index contributed by atoms with van der Waals surface area (Å²) >= 11 is 0. The highest BCUT2D eigenvalue weighted by Crippen LogP contribution is 2.45. The van der Waals surface area contributed by atoms with E-state index in [2.05, 4.69) is 31.0 Å². The summed E-state index contributed by atoms with van der Waals surface area (Å²) in [6.45, 7) is 10.1. The minimum atomic E-state index is 0.314. The third-order valence-corrected chi connectivity index (χ3v) is 5.42. The van der Waals surface area contributed by atoms with Crippen LogP contribution in [0.1, 0.15) is 61.8 Å². The van der Waals surface area contributed by atoms with Crippen LogP contribution in [0.3, 0.4) is 0 Å². The Labute approximate surface area is 128 Å². The zero-order valence-electron chi connectivity index (χ0n) is 13.5. The van der Waals surface area contributed by atoms with E-state index in [9.17, 15) is 5.11 Å². The number of phenolic OH excluding ortho intramolecular Hbond substituents is 1. The second kappa shape index (κ2) is 5.98. The van der Waals surface area contributed by atoms with Crippen molar-refractivity contribution in [1.29, 1.82) is 0 Å². The summed E-state index contributed by atoms with van der Waals surface area (Å²) in [7, 11) is 0. The zero-order chi connectivity index (χ0) is 15.0. The van der Waals surface area contributed by atoms with E-state index >= 15 is 0 Å². The first-order chi connectivity index (χ1) is 10.1. The van der Waals surface area contributed by atoms with Gasteiger partial charge in [-0.25, -0.2) is 0 Å². The number of rotatable bonds is 4. The lowest BCUT2D eigenvalue weighted by Gasteiger charge is -2.25. The van der Waals surface area contributed by atoms with Crippen LogP contribution in [0.4, 0.5) is 0 Å². The largest absolute Gasteiger partial charge is 0.508 e. The minimum absolute atomic E-state index is 0.314. The van der Waals surface area contributed by atoms with Crippen molar-refractivity contribution < 1.29 is 5.11 Å². The molecular formula is C18H28N2O. The molecule has 1 aliphatic carbocycles. The average molecular weight is 288 g/mol. The predicted molar refractivity (Wildman–Crippen MR) is 86.9 cm³/mol. The van der Waals surface area contributed by atoms with Gasteiger partial charge in [-0.3, -0.25) is 4.90 Å². The molecule has 3 atom stereocenters. The van der Waals surface area contributed by atoms with E-state index in [0.29, 0.717) is 23.8 Å². The Hall–Kier alpha value is -1.06. The van der Waals surface area contributed by atoms with Crippen molar-refractivity contribution in [2.24, 2.45) is 0 Å². The van der Waals surface area contributed by atoms with Gasteiger partial charge in [0.1, 0.15) is 5.75 Å². The van der Waals surface area contributed by atoms with E-state index in [1.54, 1.807) is 0 Å². The second-order valence-corrected chi connectivity index (χ2v) is 6.75. The van der Waals surface area contributed by atoms with E-state index < -0.39 is 0 Å². The van der Waals surface area contributed by atoms with Crippen molar-refractivity contribution in [2.45, 2.75) is 58.0 Å². The first kappa shape index (κ1) is 14.9. The maximum Gasteiger partial charge on any atom is 0.120 e. The first-order valence-electron chi connectivity index (χ1n) is 8.41. The zero-order valence-corrected chi connectivity index (χ0v) is 13.5. The number of hydrogen-bond donors (Lipinski definition) is 2. The number of benzene rings is 1. The summed E-state index contributed by atoms with van der Waals surface area (Å²) in [6, 6.07) is 4.88. The second-order valence-electron chi connectivity index (χ2n) is 6.75. The number of likely N-dealkylation sites (tertiary alicyclic amines) is 1. The van der Waals surface area contributed by atoms with E-state index in [0.717, 1.165) is 25.1 Å². The average Bonchev–Trinajstić information content (AvgIpc) is 3.05. The maximum absolute atomic E-state index is 10.3. The maximum atomic E-state index is 10.3. The van der Waals surface area contributed by atoms with Gasteiger partial charge in [-0.1, -0.05) is 19.9 Å². The molecule has 1 heterocycles. The van der Waals surface area contributed by atoms with Gasteiger partial charge in [-0.15, -0.1) is 0 Å². The fourth-order valence-corrected chi connectivity index (χ4v) is 4.35. The standard InChI is InChI=1S/C18H28N2O/c1-4-20-9-5-6-14(20)11-19-15-10-13(3)17-12(2)7-8-16(21)18(15)17/h7-8,13-15,19,21H,4-6,9-11H2,1-3H3. The van der Waals surface area contributed by atoms with Crippen LogP contribution in [0, 0.1) is 6.92 Å². The van der Waals surface area contributed by atoms with E-state index in [1.807, 2.05) is 12.1 Å². The molecule has 0 spiro atoms. The molecule has 3 nitrogen and oxygen atoms in total. The number of likely N-dealkylation sites (N-methyl/N-ethyl adjacent to an activating group) is 1. The molecule has 0 aromatic heterocycles. The molecule has 116 valence electrons. The summed E-state index contributed by atoms with van der Waals surface area (Å²) in [5.41, 5.74) is 3.84. The van der Waals surface area contributed by atoms with E-state index in [4.69, 9.17) is 0 Å². The van der Waals surface area contributed by atoms with Gasteiger partial charge in [-0.05, 0) is 62.4 Å². The smallest absolute Gasteiger partial charge is 0.120 e. The van der Waals surface area contributed by atoms with Crippen molar-refractivity contribution in [3.63, 3.8) is 0 Å². The number of aryl methyl sites for hydroxylation is 1. The molecule has 0 bridgehead atoms. The third-order valence-electron chi connectivity index (χ3n) is 5.42. The van der Waals surface area contributed by atoms with Crippen LogP contribution in [0.25, 0.3) is 0 Å². The Bertz CT molecular complexity index is 514. The molecule has 0 radical (unpaired) electrons. The van der Waals surface area contributed by atoms with Crippen LogP contribution in [-0.2, 0) is 0 Å². The van der Waals surface area contributed by atoms with Crippen LogP contribution < -0.4 is 5.32 Å². The fraction of sp³-hybridized carbons (Fsp3) is 0.667. The van der Waals surface area contributed by atoms with E-state index in [1.165, 1.54) is 30.5 Å². The fourth-order valence-electron chi connectivity index (χ4n) is 4.35. The van der Waals surface area contributed by atoms with Gasteiger partial charge < -0.3 is 10.4 Å². The van der Waals surface area contributed by atoms with Crippen LogP contribution >= 0.6 is 0 Å². The number of aromatic hydroxyl groups is 1. The number of nitrogens with zero attached hydrogens (tertiary/aromatic N) is 1. The summed E-state index contributed by atoms with van der Waals surface area (Å²) in [6.07, 6.45) is 3.73. The number of fused-ring (bicyclic) bond motifs is 1. The van der Waals surface area contributed by atoms with Crippen molar-refractivity contribution in [3.05, 3.63) is 28.8 Å². The van der Waals surface area contributed by atoms with Gasteiger partial charge in [0.05, 0.1) is 0 Å². The van der Waals surface area contributed by atoms with Gasteiger partial charge >= 0.3 is 0 Å². The van der Waals surface area contributed by atoms with Crippen LogP contribution in [0.15, 0.2) is 12.1 Å². The normalized spacial score (nSPS) is 29.0. The number of phenols is 1. The highest BCUT2D eigenvalue weighted by molar-refractivity contribution is 5.50. The van der Waals surface area contributed by atoms with Gasteiger partial charge in [0.15, 0.2) is 0 Å². The Morgan fingerprint density at radius 3 is 2.90 bits per heavy atom. The monoisotopic (exact) mass is 288 g/mol. The molecule has 0 amide bonds. The van der Waals surface area contributed by atoms with Gasteiger partial charge in [0.25, 0.3) is 0 Å². The molecule has 1 aromatic carbocycles. The lowest BCUT2D eigenvalue weighted by molar-refractivity contribution is 0.252. The molecule has 1 aliphatic heterocycles. The Balaban J connectivity index is 1.73. The van der Waals surface area contributed by atoms with Crippen molar-refractivity contribution in [3.8, 4) is 5.75 Å². The highest BCUT2D eigenvalue weighted by atomic mass is 16.3. The van der Waals surface area contributed by atoms with E-state index in [-0.39, 0.29) is 0 Å². The predicted octanol–water partition coefficient (Wildman–Crippen LogP) is 3.32. The topological polar surface area (TPSA) is 35.5 Å². The van der Waals surface area contributed by atoms with Gasteiger partial charge in [-0.2, -0.15) is 0 Å². The quantitative estimate of drug-likeness (QED) is 0.892. The molecule has 1 fully saturated rings. The molecule has 2 aliphatic rings. The Morgan fingerprint density at radius 2 is 2.14 bits per heavy atom. The Morgan fingerprint density at radius 1 is 1.33 bits per heavy atom. The molecular weight excluding hydrogens is 260 g/mol. The van der Waals surface area contributed by atoms with Gasteiger partial charge in [0.2, 0.25) is 0 Å². The molecule has 0 saturated carbocycles. The van der Waals surface area contributed by atoms with Crippen LogP contribution in [0.5, 0.6) is 5.75 Å². The minimum Gasteiger partial charge on any atom is -0.508 e. The van der Waals surface area contributed by atoms with Crippen LogP contribution in [0.2, 0.25) is 0 Å².